The van der Waals surface area contributed by atoms with Crippen LogP contribution >= 0.6 is 0 Å². The summed E-state index contributed by atoms with van der Waals surface area (Å²) in [6.07, 6.45) is 0. The van der Waals surface area contributed by atoms with E-state index in [1.807, 2.05) is 45.2 Å². The highest BCUT2D eigenvalue weighted by molar-refractivity contribution is 5.48. The van der Waals surface area contributed by atoms with Gasteiger partial charge in [0.2, 0.25) is 5.88 Å². The molecule has 0 aliphatic carbocycles. The van der Waals surface area contributed by atoms with Crippen LogP contribution < -0.4 is 14.8 Å². The van der Waals surface area contributed by atoms with Crippen LogP contribution in [-0.4, -0.2) is 24.1 Å². The van der Waals surface area contributed by atoms with Crippen molar-refractivity contribution in [2.75, 3.05) is 19.5 Å². The van der Waals surface area contributed by atoms with Crippen molar-refractivity contribution in [3.8, 4) is 11.6 Å². The fourth-order valence-corrected chi connectivity index (χ4v) is 1.90. The number of anilines is 1. The van der Waals surface area contributed by atoms with Gasteiger partial charge in [0.25, 0.3) is 0 Å². The molecule has 2 rings (SSSR count). The molecular formula is C15H19N3O2. The van der Waals surface area contributed by atoms with Crippen molar-refractivity contribution in [1.29, 1.82) is 0 Å². The minimum atomic E-state index is 0.442. The molecule has 5 nitrogen and oxygen atoms in total. The lowest BCUT2D eigenvalue weighted by molar-refractivity contribution is 0.289. The van der Waals surface area contributed by atoms with Gasteiger partial charge in [-0.1, -0.05) is 12.1 Å². The summed E-state index contributed by atoms with van der Waals surface area (Å²) in [7, 11) is 3.48. The van der Waals surface area contributed by atoms with Gasteiger partial charge in [0.15, 0.2) is 0 Å². The summed E-state index contributed by atoms with van der Waals surface area (Å²) in [6, 6.07) is 7.78. The Bertz CT molecular complexity index is 600. The third kappa shape index (κ3) is 3.17. The van der Waals surface area contributed by atoms with E-state index in [-0.39, 0.29) is 0 Å². The first-order valence-electron chi connectivity index (χ1n) is 6.42. The van der Waals surface area contributed by atoms with E-state index in [1.165, 1.54) is 0 Å². The first-order chi connectivity index (χ1) is 9.63. The van der Waals surface area contributed by atoms with Crippen LogP contribution in [0.25, 0.3) is 0 Å². The van der Waals surface area contributed by atoms with Crippen LogP contribution in [0.3, 0.4) is 0 Å². The van der Waals surface area contributed by atoms with Crippen LogP contribution in [0.1, 0.15) is 17.0 Å². The highest BCUT2D eigenvalue weighted by atomic mass is 16.5. The van der Waals surface area contributed by atoms with E-state index in [9.17, 15) is 0 Å². The topological polar surface area (TPSA) is 56.3 Å². The van der Waals surface area contributed by atoms with E-state index < -0.39 is 0 Å². The molecular weight excluding hydrogens is 254 g/mol. The molecule has 1 aromatic heterocycles. The molecule has 0 bridgehead atoms. The number of ether oxygens (including phenoxy) is 2. The van der Waals surface area contributed by atoms with Gasteiger partial charge < -0.3 is 14.8 Å². The molecule has 0 atom stereocenters. The van der Waals surface area contributed by atoms with Gasteiger partial charge >= 0.3 is 0 Å². The van der Waals surface area contributed by atoms with Crippen LogP contribution in [0.15, 0.2) is 24.3 Å². The molecule has 0 unspecified atom stereocenters. The first kappa shape index (κ1) is 14.1. The summed E-state index contributed by atoms with van der Waals surface area (Å²) in [6.45, 7) is 4.22. The summed E-state index contributed by atoms with van der Waals surface area (Å²) >= 11 is 0. The molecule has 0 aliphatic rings. The van der Waals surface area contributed by atoms with Gasteiger partial charge in [0, 0.05) is 7.05 Å². The number of hydrogen-bond donors (Lipinski definition) is 1. The van der Waals surface area contributed by atoms with Gasteiger partial charge in [-0.2, -0.15) is 4.98 Å². The van der Waals surface area contributed by atoms with E-state index in [1.54, 1.807) is 7.11 Å². The van der Waals surface area contributed by atoms with Gasteiger partial charge in [0.1, 0.15) is 24.0 Å². The Hall–Kier alpha value is -2.30. The largest absolute Gasteiger partial charge is 0.497 e. The summed E-state index contributed by atoms with van der Waals surface area (Å²) in [5.41, 5.74) is 1.94. The standard InChI is InChI=1S/C15H19N3O2/c1-10-14(16-3)17-11(2)18-15(10)20-9-12-6-5-7-13(8-12)19-4/h5-8H,9H2,1-4H3,(H,16,17,18). The summed E-state index contributed by atoms with van der Waals surface area (Å²) < 4.78 is 11.0. The summed E-state index contributed by atoms with van der Waals surface area (Å²) in [5.74, 6) is 2.89. The van der Waals surface area contributed by atoms with Crippen LogP contribution in [0.2, 0.25) is 0 Å². The van der Waals surface area contributed by atoms with Gasteiger partial charge in [-0.25, -0.2) is 4.98 Å². The lowest BCUT2D eigenvalue weighted by Crippen LogP contribution is -2.05. The van der Waals surface area contributed by atoms with E-state index >= 15 is 0 Å². The molecule has 1 N–H and O–H groups in total. The fraction of sp³-hybridized carbons (Fsp3) is 0.333. The zero-order chi connectivity index (χ0) is 14.5. The van der Waals surface area contributed by atoms with Crippen molar-refractivity contribution in [1.82, 2.24) is 9.97 Å². The molecule has 20 heavy (non-hydrogen) atoms. The third-order valence-electron chi connectivity index (χ3n) is 2.96. The molecule has 106 valence electrons. The predicted molar refractivity (Wildman–Crippen MR) is 78.4 cm³/mol. The SMILES string of the molecule is CNc1nc(C)nc(OCc2cccc(OC)c2)c1C. The number of aromatic nitrogens is 2. The fourth-order valence-electron chi connectivity index (χ4n) is 1.90. The third-order valence-corrected chi connectivity index (χ3v) is 2.96. The van der Waals surface area contributed by atoms with E-state index in [4.69, 9.17) is 9.47 Å². The predicted octanol–water partition coefficient (Wildman–Crippen LogP) is 2.72. The molecule has 0 spiro atoms. The number of methoxy groups -OCH3 is 1. The van der Waals surface area contributed by atoms with Crippen LogP contribution in [0.4, 0.5) is 5.82 Å². The molecule has 0 saturated heterocycles. The van der Waals surface area contributed by atoms with Gasteiger partial charge in [-0.15, -0.1) is 0 Å². The van der Waals surface area contributed by atoms with Crippen molar-refractivity contribution < 1.29 is 9.47 Å². The average molecular weight is 273 g/mol. The normalized spacial score (nSPS) is 10.2. The highest BCUT2D eigenvalue weighted by Gasteiger charge is 2.09. The molecule has 0 fully saturated rings. The van der Waals surface area contributed by atoms with E-state index in [0.29, 0.717) is 18.3 Å². The number of benzene rings is 1. The molecule has 0 aliphatic heterocycles. The highest BCUT2D eigenvalue weighted by Crippen LogP contribution is 2.23. The lowest BCUT2D eigenvalue weighted by Gasteiger charge is -2.12. The zero-order valence-corrected chi connectivity index (χ0v) is 12.2. The average Bonchev–Trinajstić information content (AvgIpc) is 2.48. The van der Waals surface area contributed by atoms with Crippen LogP contribution in [0.5, 0.6) is 11.6 Å². The maximum absolute atomic E-state index is 5.80. The number of hydrogen-bond acceptors (Lipinski definition) is 5. The van der Waals surface area contributed by atoms with Crippen molar-refractivity contribution >= 4 is 5.82 Å². The van der Waals surface area contributed by atoms with Gasteiger partial charge in [-0.05, 0) is 31.5 Å². The number of rotatable bonds is 5. The molecule has 0 saturated carbocycles. The Morgan fingerprint density at radius 1 is 1.20 bits per heavy atom. The number of aryl methyl sites for hydroxylation is 1. The Morgan fingerprint density at radius 2 is 2.00 bits per heavy atom. The van der Waals surface area contributed by atoms with Crippen LogP contribution in [0, 0.1) is 13.8 Å². The Balaban J connectivity index is 2.16. The van der Waals surface area contributed by atoms with Crippen molar-refractivity contribution in [2.24, 2.45) is 0 Å². The Morgan fingerprint density at radius 3 is 2.70 bits per heavy atom. The maximum Gasteiger partial charge on any atom is 0.222 e. The molecule has 2 aromatic rings. The quantitative estimate of drug-likeness (QED) is 0.907. The second-order valence-electron chi connectivity index (χ2n) is 4.44. The number of nitrogens with zero attached hydrogens (tertiary/aromatic N) is 2. The molecule has 0 amide bonds. The molecule has 1 heterocycles. The first-order valence-corrected chi connectivity index (χ1v) is 6.42. The summed E-state index contributed by atoms with van der Waals surface area (Å²) in [4.78, 5) is 8.65. The smallest absolute Gasteiger partial charge is 0.222 e. The molecule has 5 heteroatoms. The molecule has 0 radical (unpaired) electrons. The van der Waals surface area contributed by atoms with Crippen LogP contribution in [-0.2, 0) is 6.61 Å². The summed E-state index contributed by atoms with van der Waals surface area (Å²) in [5, 5.41) is 3.04. The van der Waals surface area contributed by atoms with E-state index in [0.717, 1.165) is 22.7 Å². The monoisotopic (exact) mass is 273 g/mol. The zero-order valence-electron chi connectivity index (χ0n) is 12.2. The lowest BCUT2D eigenvalue weighted by atomic mass is 10.2. The minimum Gasteiger partial charge on any atom is -0.497 e. The second-order valence-corrected chi connectivity index (χ2v) is 4.44. The Labute approximate surface area is 119 Å². The van der Waals surface area contributed by atoms with Crippen molar-refractivity contribution in [2.45, 2.75) is 20.5 Å². The van der Waals surface area contributed by atoms with E-state index in [2.05, 4.69) is 15.3 Å². The number of nitrogens with one attached hydrogen (secondary N) is 1. The van der Waals surface area contributed by atoms with Gasteiger partial charge in [0.05, 0.1) is 12.7 Å². The Kier molecular flexibility index (Phi) is 4.40. The maximum atomic E-state index is 5.80. The second kappa shape index (κ2) is 6.23. The van der Waals surface area contributed by atoms with Crippen molar-refractivity contribution in [3.63, 3.8) is 0 Å². The van der Waals surface area contributed by atoms with Crippen molar-refractivity contribution in [3.05, 3.63) is 41.2 Å². The molecule has 1 aromatic carbocycles. The minimum absolute atomic E-state index is 0.442. The van der Waals surface area contributed by atoms with Gasteiger partial charge in [-0.3, -0.25) is 0 Å².